The van der Waals surface area contributed by atoms with Gasteiger partial charge in [0.1, 0.15) is 0 Å². The fourth-order valence-corrected chi connectivity index (χ4v) is 2.23. The molecule has 1 saturated carbocycles. The normalized spacial score (nSPS) is 30.3. The summed E-state index contributed by atoms with van der Waals surface area (Å²) in [6, 6.07) is 0. The van der Waals surface area contributed by atoms with E-state index in [9.17, 15) is 4.79 Å². The van der Waals surface area contributed by atoms with Crippen molar-refractivity contribution in [3.63, 3.8) is 0 Å². The Balaban J connectivity index is 2.61. The second-order valence-electron chi connectivity index (χ2n) is 4.88. The third-order valence-corrected chi connectivity index (χ3v) is 3.54. The molecule has 3 nitrogen and oxygen atoms in total. The van der Waals surface area contributed by atoms with Gasteiger partial charge in [-0.15, -0.1) is 0 Å². The highest BCUT2D eigenvalue weighted by Gasteiger charge is 2.47. The molecule has 1 unspecified atom stereocenters. The van der Waals surface area contributed by atoms with Crippen molar-refractivity contribution >= 4 is 5.97 Å². The molecular formula is C11H21NO2. The molecule has 1 fully saturated rings. The van der Waals surface area contributed by atoms with Gasteiger partial charge >= 0.3 is 5.97 Å². The molecule has 3 heteroatoms. The van der Waals surface area contributed by atoms with Crippen molar-refractivity contribution in [3.05, 3.63) is 0 Å². The number of carbonyl (C=O) groups is 1. The van der Waals surface area contributed by atoms with Crippen LogP contribution in [-0.2, 0) is 9.53 Å². The summed E-state index contributed by atoms with van der Waals surface area (Å²) in [4.78, 5) is 11.4. The molecule has 0 bridgehead atoms. The summed E-state index contributed by atoms with van der Waals surface area (Å²) in [7, 11) is 0. The number of nitrogens with two attached hydrogens (primary N) is 1. The molecule has 0 aromatic heterocycles. The van der Waals surface area contributed by atoms with Gasteiger partial charge in [-0.1, -0.05) is 20.3 Å². The average Bonchev–Trinajstić information content (AvgIpc) is 2.26. The summed E-state index contributed by atoms with van der Waals surface area (Å²) in [6.07, 6.45) is 3.50. The van der Waals surface area contributed by atoms with Gasteiger partial charge in [0.15, 0.2) is 0 Å². The van der Waals surface area contributed by atoms with Gasteiger partial charge in [0.25, 0.3) is 0 Å². The van der Waals surface area contributed by atoms with E-state index in [-0.39, 0.29) is 16.9 Å². The maximum absolute atomic E-state index is 11.4. The first-order chi connectivity index (χ1) is 6.41. The van der Waals surface area contributed by atoms with E-state index in [1.807, 2.05) is 6.92 Å². The standard InChI is InChI=1S/C11H21NO2/c1-4-14-9(13)8-11(12)7-5-6-10(11,2)3/h4-8,12H2,1-3H3. The minimum absolute atomic E-state index is 0.0553. The lowest BCUT2D eigenvalue weighted by atomic mass is 9.74. The van der Waals surface area contributed by atoms with Crippen LogP contribution in [0.1, 0.15) is 46.5 Å². The lowest BCUT2D eigenvalue weighted by Crippen LogP contribution is -2.50. The van der Waals surface area contributed by atoms with Crippen molar-refractivity contribution in [2.45, 2.75) is 52.0 Å². The van der Waals surface area contributed by atoms with Gasteiger partial charge in [-0.25, -0.2) is 0 Å². The van der Waals surface area contributed by atoms with Crippen LogP contribution in [0.15, 0.2) is 0 Å². The summed E-state index contributed by atoms with van der Waals surface area (Å²) in [5.74, 6) is -0.162. The zero-order valence-electron chi connectivity index (χ0n) is 9.43. The van der Waals surface area contributed by atoms with Gasteiger partial charge < -0.3 is 10.5 Å². The Hall–Kier alpha value is -0.570. The van der Waals surface area contributed by atoms with Crippen LogP contribution < -0.4 is 5.73 Å². The molecule has 0 amide bonds. The number of rotatable bonds is 3. The number of ether oxygens (including phenoxy) is 1. The van der Waals surface area contributed by atoms with Crippen molar-refractivity contribution in [3.8, 4) is 0 Å². The molecule has 1 atom stereocenters. The van der Waals surface area contributed by atoms with Gasteiger partial charge in [0.2, 0.25) is 0 Å². The molecule has 14 heavy (non-hydrogen) atoms. The number of hydrogen-bond acceptors (Lipinski definition) is 3. The van der Waals surface area contributed by atoms with Crippen LogP contribution in [0.2, 0.25) is 0 Å². The third kappa shape index (κ3) is 2.08. The number of carbonyl (C=O) groups excluding carboxylic acids is 1. The largest absolute Gasteiger partial charge is 0.466 e. The van der Waals surface area contributed by atoms with Crippen molar-refractivity contribution in [2.75, 3.05) is 6.61 Å². The zero-order valence-corrected chi connectivity index (χ0v) is 9.43. The molecule has 1 rings (SSSR count). The second-order valence-corrected chi connectivity index (χ2v) is 4.88. The summed E-state index contributed by atoms with van der Waals surface area (Å²) in [5.41, 5.74) is 5.96. The predicted molar refractivity (Wildman–Crippen MR) is 55.8 cm³/mol. The molecule has 1 aliphatic carbocycles. The molecule has 2 N–H and O–H groups in total. The van der Waals surface area contributed by atoms with E-state index in [1.54, 1.807) is 0 Å². The van der Waals surface area contributed by atoms with Gasteiger partial charge in [0, 0.05) is 5.54 Å². The Morgan fingerprint density at radius 3 is 2.50 bits per heavy atom. The number of hydrogen-bond donors (Lipinski definition) is 1. The predicted octanol–water partition coefficient (Wildman–Crippen LogP) is 1.85. The minimum atomic E-state index is -0.362. The molecule has 0 heterocycles. The topological polar surface area (TPSA) is 52.3 Å². The molecule has 0 aromatic rings. The molecule has 0 saturated heterocycles. The lowest BCUT2D eigenvalue weighted by molar-refractivity contribution is -0.145. The molecule has 0 radical (unpaired) electrons. The zero-order chi connectivity index (χ0) is 10.8. The Labute approximate surface area is 86.0 Å². The fraction of sp³-hybridized carbons (Fsp3) is 0.909. The lowest BCUT2D eigenvalue weighted by Gasteiger charge is -2.37. The van der Waals surface area contributed by atoms with Crippen LogP contribution in [0.5, 0.6) is 0 Å². The van der Waals surface area contributed by atoms with Gasteiger partial charge in [-0.05, 0) is 25.2 Å². The van der Waals surface area contributed by atoms with Gasteiger partial charge in [-0.2, -0.15) is 0 Å². The SMILES string of the molecule is CCOC(=O)CC1(N)CCCC1(C)C. The summed E-state index contributed by atoms with van der Waals surface area (Å²) >= 11 is 0. The molecule has 0 aromatic carbocycles. The minimum Gasteiger partial charge on any atom is -0.466 e. The van der Waals surface area contributed by atoms with Crippen molar-refractivity contribution in [1.82, 2.24) is 0 Å². The summed E-state index contributed by atoms with van der Waals surface area (Å²) < 4.78 is 4.94. The van der Waals surface area contributed by atoms with E-state index in [2.05, 4.69) is 13.8 Å². The van der Waals surface area contributed by atoms with E-state index in [4.69, 9.17) is 10.5 Å². The first-order valence-electron chi connectivity index (χ1n) is 5.36. The highest BCUT2D eigenvalue weighted by atomic mass is 16.5. The van der Waals surface area contributed by atoms with Crippen LogP contribution in [0.25, 0.3) is 0 Å². The van der Waals surface area contributed by atoms with E-state index in [0.717, 1.165) is 19.3 Å². The van der Waals surface area contributed by atoms with Crippen molar-refractivity contribution in [1.29, 1.82) is 0 Å². The van der Waals surface area contributed by atoms with Crippen LogP contribution in [0.3, 0.4) is 0 Å². The van der Waals surface area contributed by atoms with Crippen LogP contribution >= 0.6 is 0 Å². The van der Waals surface area contributed by atoms with E-state index < -0.39 is 0 Å². The first kappa shape index (κ1) is 11.5. The maximum atomic E-state index is 11.4. The first-order valence-corrected chi connectivity index (χ1v) is 5.36. The van der Waals surface area contributed by atoms with Crippen LogP contribution in [0.4, 0.5) is 0 Å². The monoisotopic (exact) mass is 199 g/mol. The smallest absolute Gasteiger partial charge is 0.307 e. The highest BCUT2D eigenvalue weighted by molar-refractivity contribution is 5.71. The second kappa shape index (κ2) is 3.89. The van der Waals surface area contributed by atoms with Gasteiger partial charge in [0.05, 0.1) is 13.0 Å². The van der Waals surface area contributed by atoms with Crippen molar-refractivity contribution < 1.29 is 9.53 Å². The molecular weight excluding hydrogens is 178 g/mol. The molecule has 0 spiro atoms. The third-order valence-electron chi connectivity index (χ3n) is 3.54. The quantitative estimate of drug-likeness (QED) is 0.706. The van der Waals surface area contributed by atoms with E-state index in [0.29, 0.717) is 13.0 Å². The van der Waals surface area contributed by atoms with Crippen LogP contribution in [-0.4, -0.2) is 18.1 Å². The Kier molecular flexibility index (Phi) is 3.20. The number of esters is 1. The Morgan fingerprint density at radius 2 is 2.07 bits per heavy atom. The molecule has 0 aliphatic heterocycles. The Morgan fingerprint density at radius 1 is 1.43 bits per heavy atom. The summed E-state index contributed by atoms with van der Waals surface area (Å²) in [5, 5.41) is 0. The Bertz CT molecular complexity index is 225. The summed E-state index contributed by atoms with van der Waals surface area (Å²) in [6.45, 7) is 6.54. The molecule has 82 valence electrons. The van der Waals surface area contributed by atoms with E-state index in [1.165, 1.54) is 0 Å². The fourth-order valence-electron chi connectivity index (χ4n) is 2.23. The van der Waals surface area contributed by atoms with Gasteiger partial charge in [-0.3, -0.25) is 4.79 Å². The highest BCUT2D eigenvalue weighted by Crippen LogP contribution is 2.46. The molecule has 1 aliphatic rings. The average molecular weight is 199 g/mol. The van der Waals surface area contributed by atoms with Crippen LogP contribution in [0, 0.1) is 5.41 Å². The van der Waals surface area contributed by atoms with E-state index >= 15 is 0 Å². The van der Waals surface area contributed by atoms with Crippen molar-refractivity contribution in [2.24, 2.45) is 11.1 Å². The maximum Gasteiger partial charge on any atom is 0.307 e.